The van der Waals surface area contributed by atoms with E-state index in [-0.39, 0.29) is 18.1 Å². The molecule has 0 aliphatic rings. The topological polar surface area (TPSA) is 106 Å². The maximum absolute atomic E-state index is 13.5. The van der Waals surface area contributed by atoms with Gasteiger partial charge in [0.2, 0.25) is 5.91 Å². The third-order valence-electron chi connectivity index (χ3n) is 5.24. The van der Waals surface area contributed by atoms with Gasteiger partial charge in [0, 0.05) is 24.4 Å². The van der Waals surface area contributed by atoms with Gasteiger partial charge >= 0.3 is 0 Å². The molecule has 2 amide bonds. The van der Waals surface area contributed by atoms with E-state index in [4.69, 9.17) is 4.42 Å². The van der Waals surface area contributed by atoms with Crippen LogP contribution in [0.5, 0.6) is 0 Å². The molecule has 2 aromatic carbocycles. The fraction of sp³-hybridized carbons (Fsp3) is 0.160. The third kappa shape index (κ3) is 4.93. The van der Waals surface area contributed by atoms with Gasteiger partial charge in [-0.25, -0.2) is 0 Å². The Kier molecular flexibility index (Phi) is 6.63. The molecule has 0 radical (unpaired) electrons. The van der Waals surface area contributed by atoms with Crippen LogP contribution in [0.3, 0.4) is 0 Å². The first-order valence-electron chi connectivity index (χ1n) is 10.6. The molecule has 172 valence electrons. The Labute approximate surface area is 196 Å². The highest BCUT2D eigenvalue weighted by molar-refractivity contribution is 6.19. The summed E-state index contributed by atoms with van der Waals surface area (Å²) in [6, 6.07) is 18.5. The van der Waals surface area contributed by atoms with Crippen LogP contribution in [0.2, 0.25) is 0 Å². The number of aromatic nitrogens is 4. The first-order chi connectivity index (χ1) is 16.4. The van der Waals surface area contributed by atoms with Gasteiger partial charge in [-0.1, -0.05) is 48.5 Å². The molecule has 0 saturated heterocycles. The molecule has 0 spiro atoms. The molecule has 4 aromatic rings. The maximum Gasteiger partial charge on any atom is 0.273 e. The van der Waals surface area contributed by atoms with Crippen molar-refractivity contribution in [2.24, 2.45) is 0 Å². The fourth-order valence-electron chi connectivity index (χ4n) is 3.51. The summed E-state index contributed by atoms with van der Waals surface area (Å²) in [4.78, 5) is 27.6. The number of benzene rings is 2. The summed E-state index contributed by atoms with van der Waals surface area (Å²) >= 11 is 0. The van der Waals surface area contributed by atoms with E-state index in [1.165, 1.54) is 15.8 Å². The number of hydrogen-bond donors (Lipinski definition) is 1. The second-order valence-electron chi connectivity index (χ2n) is 7.80. The third-order valence-corrected chi connectivity index (χ3v) is 5.24. The summed E-state index contributed by atoms with van der Waals surface area (Å²) in [7, 11) is 1.55. The fourth-order valence-corrected chi connectivity index (χ4v) is 3.51. The first-order valence-corrected chi connectivity index (χ1v) is 10.6. The Morgan fingerprint density at radius 3 is 2.44 bits per heavy atom. The van der Waals surface area contributed by atoms with Crippen LogP contribution in [0.1, 0.15) is 16.9 Å². The number of hydrogen-bond acceptors (Lipinski definition) is 6. The van der Waals surface area contributed by atoms with Crippen molar-refractivity contribution in [3.8, 4) is 11.4 Å². The van der Waals surface area contributed by atoms with Crippen molar-refractivity contribution < 1.29 is 14.0 Å². The Bertz CT molecular complexity index is 1310. The quantitative estimate of drug-likeness (QED) is 0.426. The molecule has 0 aliphatic heterocycles. The van der Waals surface area contributed by atoms with Gasteiger partial charge in [-0.15, -0.1) is 5.10 Å². The molecule has 9 heteroatoms. The van der Waals surface area contributed by atoms with Crippen molar-refractivity contribution in [1.82, 2.24) is 25.1 Å². The van der Waals surface area contributed by atoms with Gasteiger partial charge in [-0.05, 0) is 47.5 Å². The number of carbonyl (C=O) groups is 2. The Morgan fingerprint density at radius 2 is 1.76 bits per heavy atom. The zero-order valence-corrected chi connectivity index (χ0v) is 19.1. The lowest BCUT2D eigenvalue weighted by Gasteiger charge is -2.20. The van der Waals surface area contributed by atoms with E-state index >= 15 is 0 Å². The Balaban J connectivity index is 1.61. The van der Waals surface area contributed by atoms with E-state index in [9.17, 15) is 9.59 Å². The number of anilines is 1. The van der Waals surface area contributed by atoms with Crippen molar-refractivity contribution in [3.63, 3.8) is 0 Å². The van der Waals surface area contributed by atoms with Crippen LogP contribution >= 0.6 is 0 Å². The summed E-state index contributed by atoms with van der Waals surface area (Å²) in [6.45, 7) is 3.68. The van der Waals surface area contributed by atoms with Crippen molar-refractivity contribution in [2.45, 2.75) is 13.8 Å². The molecule has 0 atom stereocenters. The van der Waals surface area contributed by atoms with Gasteiger partial charge < -0.3 is 14.6 Å². The summed E-state index contributed by atoms with van der Waals surface area (Å²) in [6.07, 6.45) is 3.05. The standard InChI is InChI=1S/C25H24N6O3/c1-17-9-7-10-18(2)23(17)26-22(32)16-30(3)25(33)21(15-20-13-8-14-34-20)31-24(27-28-29-31)19-11-5-4-6-12-19/h4-15H,16H2,1-3H3,(H,26,32)/b21-15+. The molecule has 0 aliphatic carbocycles. The van der Waals surface area contributed by atoms with Crippen LogP contribution in [0.25, 0.3) is 23.2 Å². The monoisotopic (exact) mass is 456 g/mol. The van der Waals surface area contributed by atoms with Gasteiger partial charge in [0.25, 0.3) is 5.91 Å². The number of furan rings is 1. The lowest BCUT2D eigenvalue weighted by atomic mass is 10.1. The predicted molar refractivity (Wildman–Crippen MR) is 128 cm³/mol. The average Bonchev–Trinajstić information content (AvgIpc) is 3.52. The molecule has 0 fully saturated rings. The van der Waals surface area contributed by atoms with Crippen molar-refractivity contribution in [2.75, 3.05) is 18.9 Å². The highest BCUT2D eigenvalue weighted by atomic mass is 16.3. The van der Waals surface area contributed by atoms with Gasteiger partial charge in [-0.2, -0.15) is 4.68 Å². The lowest BCUT2D eigenvalue weighted by molar-refractivity contribution is -0.128. The van der Waals surface area contributed by atoms with Crippen LogP contribution in [0, 0.1) is 13.8 Å². The number of nitrogens with zero attached hydrogens (tertiary/aromatic N) is 5. The van der Waals surface area contributed by atoms with Crippen LogP contribution in [-0.2, 0) is 9.59 Å². The maximum atomic E-state index is 13.5. The number of nitrogens with one attached hydrogen (secondary N) is 1. The molecule has 4 rings (SSSR count). The molecule has 0 saturated carbocycles. The summed E-state index contributed by atoms with van der Waals surface area (Å²) < 4.78 is 6.76. The van der Waals surface area contributed by atoms with Gasteiger partial charge in [0.05, 0.1) is 12.8 Å². The Hall–Kier alpha value is -4.53. The minimum Gasteiger partial charge on any atom is -0.465 e. The molecule has 34 heavy (non-hydrogen) atoms. The SMILES string of the molecule is Cc1cccc(C)c1NC(=O)CN(C)C(=O)/C(=C\c1ccco1)n1nnnc1-c1ccccc1. The smallest absolute Gasteiger partial charge is 0.273 e. The number of carbonyl (C=O) groups excluding carboxylic acids is 2. The number of amides is 2. The second kappa shape index (κ2) is 9.95. The summed E-state index contributed by atoms with van der Waals surface area (Å²) in [5, 5.41) is 14.8. The van der Waals surface area contributed by atoms with Crippen LogP contribution in [0.4, 0.5) is 5.69 Å². The van der Waals surface area contributed by atoms with Crippen molar-refractivity contribution >= 4 is 29.3 Å². The van der Waals surface area contributed by atoms with Gasteiger partial charge in [-0.3, -0.25) is 9.59 Å². The molecule has 2 aromatic heterocycles. The molecular weight excluding hydrogens is 432 g/mol. The van der Waals surface area contributed by atoms with Crippen molar-refractivity contribution in [1.29, 1.82) is 0 Å². The second-order valence-corrected chi connectivity index (χ2v) is 7.80. The van der Waals surface area contributed by atoms with Crippen LogP contribution in [-0.4, -0.2) is 50.5 Å². The summed E-state index contributed by atoms with van der Waals surface area (Å²) in [5.41, 5.74) is 3.51. The average molecular weight is 457 g/mol. The predicted octanol–water partition coefficient (Wildman–Crippen LogP) is 3.65. The minimum absolute atomic E-state index is 0.140. The number of aryl methyl sites for hydroxylation is 2. The van der Waals surface area contributed by atoms with E-state index in [1.54, 1.807) is 25.3 Å². The van der Waals surface area contributed by atoms with Gasteiger partial charge in [0.1, 0.15) is 11.5 Å². The zero-order chi connectivity index (χ0) is 24.1. The molecule has 1 N–H and O–H groups in total. The van der Waals surface area contributed by atoms with E-state index in [0.717, 1.165) is 22.4 Å². The molecular formula is C25H24N6O3. The highest BCUT2D eigenvalue weighted by Gasteiger charge is 2.24. The molecule has 0 bridgehead atoms. The molecule has 2 heterocycles. The largest absolute Gasteiger partial charge is 0.465 e. The highest BCUT2D eigenvalue weighted by Crippen LogP contribution is 2.22. The number of rotatable bonds is 7. The van der Waals surface area contributed by atoms with E-state index in [1.807, 2.05) is 62.4 Å². The number of para-hydroxylation sites is 1. The Morgan fingerprint density at radius 1 is 1.03 bits per heavy atom. The van der Waals surface area contributed by atoms with Crippen LogP contribution < -0.4 is 5.32 Å². The number of likely N-dealkylation sites (N-methyl/N-ethyl adjacent to an activating group) is 1. The minimum atomic E-state index is -0.447. The summed E-state index contributed by atoms with van der Waals surface area (Å²) in [5.74, 6) is 0.0783. The first kappa shape index (κ1) is 22.7. The van der Waals surface area contributed by atoms with Crippen LogP contribution in [0.15, 0.2) is 71.3 Å². The van der Waals surface area contributed by atoms with Crippen molar-refractivity contribution in [3.05, 3.63) is 83.8 Å². The van der Waals surface area contributed by atoms with E-state index in [0.29, 0.717) is 11.6 Å². The van der Waals surface area contributed by atoms with Gasteiger partial charge in [0.15, 0.2) is 5.82 Å². The lowest BCUT2D eigenvalue weighted by Crippen LogP contribution is -2.36. The van der Waals surface area contributed by atoms with E-state index in [2.05, 4.69) is 20.8 Å². The zero-order valence-electron chi connectivity index (χ0n) is 19.1. The molecule has 9 nitrogen and oxygen atoms in total. The normalized spacial score (nSPS) is 11.3. The molecule has 0 unspecified atom stereocenters. The number of tetrazole rings is 1. The van der Waals surface area contributed by atoms with E-state index < -0.39 is 5.91 Å².